The van der Waals surface area contributed by atoms with E-state index in [-0.39, 0.29) is 5.91 Å². The number of benzene rings is 1. The lowest BCUT2D eigenvalue weighted by atomic mass is 9.88. The van der Waals surface area contributed by atoms with Gasteiger partial charge in [-0.25, -0.2) is 0 Å². The van der Waals surface area contributed by atoms with Gasteiger partial charge in [0, 0.05) is 16.0 Å². The van der Waals surface area contributed by atoms with Crippen LogP contribution in [0.4, 0.5) is 5.13 Å². The average Bonchev–Trinajstić information content (AvgIpc) is 3.27. The highest BCUT2D eigenvalue weighted by Gasteiger charge is 2.23. The van der Waals surface area contributed by atoms with Gasteiger partial charge in [-0.2, -0.15) is 0 Å². The van der Waals surface area contributed by atoms with Crippen molar-refractivity contribution in [1.82, 2.24) is 10.2 Å². The predicted octanol–water partition coefficient (Wildman–Crippen LogP) is 5.27. The van der Waals surface area contributed by atoms with Crippen LogP contribution in [0.25, 0.3) is 0 Å². The van der Waals surface area contributed by atoms with Crippen LogP contribution in [0.1, 0.15) is 39.7 Å². The van der Waals surface area contributed by atoms with E-state index in [9.17, 15) is 4.79 Å². The van der Waals surface area contributed by atoms with Crippen LogP contribution in [0.15, 0.2) is 40.1 Å². The van der Waals surface area contributed by atoms with Crippen molar-refractivity contribution in [2.75, 3.05) is 5.32 Å². The molecule has 0 bridgehead atoms. The minimum Gasteiger partial charge on any atom is -0.296 e. The minimum atomic E-state index is -0.0622. The van der Waals surface area contributed by atoms with Crippen LogP contribution in [-0.4, -0.2) is 16.1 Å². The Hall–Kier alpha value is -1.70. The van der Waals surface area contributed by atoms with Crippen molar-refractivity contribution in [2.24, 2.45) is 5.92 Å². The van der Waals surface area contributed by atoms with Gasteiger partial charge in [-0.05, 0) is 36.3 Å². The molecular formula is C19H19N3OS3. The molecule has 0 saturated carbocycles. The largest absolute Gasteiger partial charge is 0.296 e. The number of carbonyl (C=O) groups is 1. The van der Waals surface area contributed by atoms with Crippen LogP contribution in [0.5, 0.6) is 0 Å². The van der Waals surface area contributed by atoms with Crippen molar-refractivity contribution in [2.45, 2.75) is 36.3 Å². The molecule has 134 valence electrons. The molecule has 1 unspecified atom stereocenters. The standard InChI is InChI=1S/C19H19N3OS3/c1-12-7-8-14-15(11-24-16(14)9-12)17(23)20-18-21-22-19(26-18)25-10-13-5-3-2-4-6-13/h2-6,11-12H,7-10H2,1H3,(H,20,21,23). The molecule has 1 amide bonds. The van der Waals surface area contributed by atoms with Crippen LogP contribution in [0, 0.1) is 5.92 Å². The molecule has 2 aromatic heterocycles. The maximum atomic E-state index is 12.6. The van der Waals surface area contributed by atoms with Gasteiger partial charge < -0.3 is 0 Å². The van der Waals surface area contributed by atoms with E-state index in [0.717, 1.165) is 34.9 Å². The fourth-order valence-electron chi connectivity index (χ4n) is 3.07. The molecule has 3 aromatic rings. The molecule has 7 heteroatoms. The van der Waals surface area contributed by atoms with E-state index in [2.05, 4.69) is 34.6 Å². The Morgan fingerprint density at radius 3 is 3.00 bits per heavy atom. The molecule has 0 fully saturated rings. The molecule has 1 aliphatic carbocycles. The molecule has 1 atom stereocenters. The van der Waals surface area contributed by atoms with Crippen molar-refractivity contribution in [3.05, 3.63) is 57.3 Å². The summed E-state index contributed by atoms with van der Waals surface area (Å²) >= 11 is 4.77. The molecule has 0 radical (unpaired) electrons. The Morgan fingerprint density at radius 2 is 2.15 bits per heavy atom. The Labute approximate surface area is 165 Å². The van der Waals surface area contributed by atoms with Crippen LogP contribution in [0.3, 0.4) is 0 Å². The van der Waals surface area contributed by atoms with Crippen molar-refractivity contribution in [1.29, 1.82) is 0 Å². The summed E-state index contributed by atoms with van der Waals surface area (Å²) in [4.78, 5) is 14.0. The predicted molar refractivity (Wildman–Crippen MR) is 109 cm³/mol. The zero-order valence-electron chi connectivity index (χ0n) is 14.4. The van der Waals surface area contributed by atoms with Crippen LogP contribution in [0.2, 0.25) is 0 Å². The van der Waals surface area contributed by atoms with Gasteiger partial charge in [0.05, 0.1) is 5.56 Å². The molecule has 1 aromatic carbocycles. The maximum absolute atomic E-state index is 12.6. The van der Waals surface area contributed by atoms with Crippen LogP contribution >= 0.6 is 34.4 Å². The zero-order valence-corrected chi connectivity index (χ0v) is 16.8. The lowest BCUT2D eigenvalue weighted by Crippen LogP contribution is -2.16. The van der Waals surface area contributed by atoms with E-state index < -0.39 is 0 Å². The summed E-state index contributed by atoms with van der Waals surface area (Å²) < 4.78 is 0.866. The number of rotatable bonds is 5. The number of fused-ring (bicyclic) bond motifs is 1. The number of nitrogens with one attached hydrogen (secondary N) is 1. The molecule has 4 nitrogen and oxygen atoms in total. The molecule has 0 saturated heterocycles. The third-order valence-electron chi connectivity index (χ3n) is 4.48. The Kier molecular flexibility index (Phi) is 5.38. The number of thioether (sulfide) groups is 1. The third-order valence-corrected chi connectivity index (χ3v) is 7.57. The van der Waals surface area contributed by atoms with Crippen molar-refractivity contribution >= 4 is 45.5 Å². The number of anilines is 1. The Morgan fingerprint density at radius 1 is 1.31 bits per heavy atom. The quantitative estimate of drug-likeness (QED) is 0.467. The monoisotopic (exact) mass is 401 g/mol. The molecule has 2 heterocycles. The summed E-state index contributed by atoms with van der Waals surface area (Å²) in [7, 11) is 0. The van der Waals surface area contributed by atoms with Crippen LogP contribution in [-0.2, 0) is 18.6 Å². The average molecular weight is 402 g/mol. The lowest BCUT2D eigenvalue weighted by Gasteiger charge is -2.18. The fourth-order valence-corrected chi connectivity index (χ4v) is 6.02. The van der Waals surface area contributed by atoms with E-state index in [4.69, 9.17) is 0 Å². The number of thiophene rings is 1. The highest BCUT2D eigenvalue weighted by atomic mass is 32.2. The van der Waals surface area contributed by atoms with E-state index in [0.29, 0.717) is 11.0 Å². The SMILES string of the molecule is CC1CCc2c(C(=O)Nc3nnc(SCc4ccccc4)s3)csc2C1. The molecule has 26 heavy (non-hydrogen) atoms. The number of hydrogen-bond donors (Lipinski definition) is 1. The van der Waals surface area contributed by atoms with E-state index in [1.807, 2.05) is 23.6 Å². The lowest BCUT2D eigenvalue weighted by molar-refractivity contribution is 0.102. The second kappa shape index (κ2) is 7.90. The first-order valence-corrected chi connectivity index (χ1v) is 11.3. The smallest absolute Gasteiger partial charge is 0.258 e. The molecule has 4 rings (SSSR count). The summed E-state index contributed by atoms with van der Waals surface area (Å²) in [5.41, 5.74) is 3.29. The number of aromatic nitrogens is 2. The number of carbonyl (C=O) groups excluding carboxylic acids is 1. The molecular weight excluding hydrogens is 382 g/mol. The summed E-state index contributed by atoms with van der Waals surface area (Å²) in [5, 5.41) is 13.8. The van der Waals surface area contributed by atoms with Crippen molar-refractivity contribution in [3.63, 3.8) is 0 Å². The number of amides is 1. The Balaban J connectivity index is 1.39. The maximum Gasteiger partial charge on any atom is 0.258 e. The highest BCUT2D eigenvalue weighted by Crippen LogP contribution is 2.34. The normalized spacial score (nSPS) is 16.3. The summed E-state index contributed by atoms with van der Waals surface area (Å²) in [6, 6.07) is 10.3. The van der Waals surface area contributed by atoms with Crippen molar-refractivity contribution in [3.8, 4) is 0 Å². The number of hydrogen-bond acceptors (Lipinski definition) is 6. The van der Waals surface area contributed by atoms with Gasteiger partial charge in [0.2, 0.25) is 5.13 Å². The minimum absolute atomic E-state index is 0.0622. The third kappa shape index (κ3) is 4.00. The van der Waals surface area contributed by atoms with Gasteiger partial charge in [0.1, 0.15) is 0 Å². The summed E-state index contributed by atoms with van der Waals surface area (Å²) in [5.74, 6) is 1.50. The second-order valence-electron chi connectivity index (χ2n) is 6.50. The van der Waals surface area contributed by atoms with E-state index in [1.165, 1.54) is 27.3 Å². The first-order chi connectivity index (χ1) is 12.7. The van der Waals surface area contributed by atoms with Gasteiger partial charge in [-0.15, -0.1) is 21.5 Å². The van der Waals surface area contributed by atoms with E-state index in [1.54, 1.807) is 23.1 Å². The van der Waals surface area contributed by atoms with Gasteiger partial charge in [-0.3, -0.25) is 10.1 Å². The van der Waals surface area contributed by atoms with Gasteiger partial charge in [0.25, 0.3) is 5.91 Å². The topological polar surface area (TPSA) is 54.9 Å². The Bertz CT molecular complexity index is 904. The first kappa shape index (κ1) is 17.7. The fraction of sp³-hybridized carbons (Fsp3) is 0.316. The van der Waals surface area contributed by atoms with E-state index >= 15 is 0 Å². The first-order valence-electron chi connectivity index (χ1n) is 8.60. The van der Waals surface area contributed by atoms with Gasteiger partial charge in [0.15, 0.2) is 4.34 Å². The summed E-state index contributed by atoms with van der Waals surface area (Å²) in [6.07, 6.45) is 3.24. The molecule has 1 aliphatic rings. The molecule has 0 aliphatic heterocycles. The number of nitrogens with zero attached hydrogens (tertiary/aromatic N) is 2. The summed E-state index contributed by atoms with van der Waals surface area (Å²) in [6.45, 7) is 2.28. The highest BCUT2D eigenvalue weighted by molar-refractivity contribution is 8.00. The second-order valence-corrected chi connectivity index (χ2v) is 9.66. The van der Waals surface area contributed by atoms with Crippen LogP contribution < -0.4 is 5.32 Å². The van der Waals surface area contributed by atoms with Gasteiger partial charge >= 0.3 is 0 Å². The zero-order chi connectivity index (χ0) is 17.9. The van der Waals surface area contributed by atoms with Gasteiger partial charge in [-0.1, -0.05) is 60.4 Å². The van der Waals surface area contributed by atoms with Crippen molar-refractivity contribution < 1.29 is 4.79 Å². The molecule has 1 N–H and O–H groups in total. The molecule has 0 spiro atoms.